The van der Waals surface area contributed by atoms with Crippen molar-refractivity contribution in [2.45, 2.75) is 25.8 Å². The van der Waals surface area contributed by atoms with Gasteiger partial charge < -0.3 is 14.6 Å². The van der Waals surface area contributed by atoms with Crippen molar-refractivity contribution in [1.29, 1.82) is 0 Å². The van der Waals surface area contributed by atoms with Gasteiger partial charge in [-0.2, -0.15) is 0 Å². The van der Waals surface area contributed by atoms with E-state index in [2.05, 4.69) is 16.3 Å². The molecular weight excluding hydrogens is 288 g/mol. The van der Waals surface area contributed by atoms with Crippen LogP contribution in [0.5, 0.6) is 0 Å². The van der Waals surface area contributed by atoms with Crippen LogP contribution in [0.15, 0.2) is 40.8 Å². The maximum absolute atomic E-state index is 12.5. The van der Waals surface area contributed by atoms with Gasteiger partial charge in [0.2, 0.25) is 0 Å². The first-order valence-corrected chi connectivity index (χ1v) is 8.39. The maximum Gasteiger partial charge on any atom is 0.287 e. The topological polar surface area (TPSA) is 45.5 Å². The third-order valence-corrected chi connectivity index (χ3v) is 5.11. The number of furan rings is 1. The number of fused-ring (bicyclic) bond motifs is 3. The summed E-state index contributed by atoms with van der Waals surface area (Å²) < 4.78 is 5.78. The molecule has 4 heteroatoms. The fraction of sp³-hybridized carbons (Fsp3) is 0.421. The second kappa shape index (κ2) is 5.85. The van der Waals surface area contributed by atoms with Crippen LogP contribution in [0.25, 0.3) is 11.3 Å². The molecule has 0 radical (unpaired) electrons. The van der Waals surface area contributed by atoms with Gasteiger partial charge in [-0.05, 0) is 57.0 Å². The lowest BCUT2D eigenvalue weighted by Gasteiger charge is -2.44. The molecule has 3 aliphatic rings. The lowest BCUT2D eigenvalue weighted by atomic mass is 9.84. The molecule has 2 aromatic rings. The molecule has 0 saturated carbocycles. The van der Waals surface area contributed by atoms with Gasteiger partial charge in [-0.25, -0.2) is 0 Å². The van der Waals surface area contributed by atoms with E-state index >= 15 is 0 Å². The summed E-state index contributed by atoms with van der Waals surface area (Å²) in [5, 5.41) is 3.17. The summed E-state index contributed by atoms with van der Waals surface area (Å²) >= 11 is 0. The van der Waals surface area contributed by atoms with Crippen LogP contribution in [0.3, 0.4) is 0 Å². The summed E-state index contributed by atoms with van der Waals surface area (Å²) in [6.07, 6.45) is 2.38. The quantitative estimate of drug-likeness (QED) is 0.947. The van der Waals surface area contributed by atoms with Crippen molar-refractivity contribution in [1.82, 2.24) is 10.2 Å². The minimum absolute atomic E-state index is 0.0948. The van der Waals surface area contributed by atoms with Crippen molar-refractivity contribution in [2.24, 2.45) is 5.92 Å². The predicted molar refractivity (Wildman–Crippen MR) is 89.3 cm³/mol. The van der Waals surface area contributed by atoms with Crippen LogP contribution in [0.4, 0.5) is 0 Å². The molecule has 5 rings (SSSR count). The van der Waals surface area contributed by atoms with E-state index in [1.54, 1.807) is 6.07 Å². The highest BCUT2D eigenvalue weighted by atomic mass is 16.3. The van der Waals surface area contributed by atoms with Gasteiger partial charge in [0, 0.05) is 18.2 Å². The minimum atomic E-state index is -0.0948. The Hall–Kier alpha value is -2.07. The van der Waals surface area contributed by atoms with E-state index in [4.69, 9.17) is 4.42 Å². The second-order valence-electron chi connectivity index (χ2n) is 6.75. The smallest absolute Gasteiger partial charge is 0.287 e. The molecule has 0 aliphatic carbocycles. The van der Waals surface area contributed by atoms with Crippen molar-refractivity contribution in [3.8, 4) is 11.3 Å². The first-order valence-electron chi connectivity index (χ1n) is 8.39. The Balaban J connectivity index is 1.47. The number of hydrogen-bond donors (Lipinski definition) is 1. The van der Waals surface area contributed by atoms with Gasteiger partial charge in [0.1, 0.15) is 5.76 Å². The Labute approximate surface area is 136 Å². The number of nitrogens with zero attached hydrogens (tertiary/aromatic N) is 1. The Morgan fingerprint density at radius 1 is 1.22 bits per heavy atom. The van der Waals surface area contributed by atoms with Crippen LogP contribution < -0.4 is 5.32 Å². The molecule has 2 bridgehead atoms. The van der Waals surface area contributed by atoms with Crippen LogP contribution in [-0.2, 0) is 0 Å². The number of piperidine rings is 3. The average molecular weight is 310 g/mol. The highest BCUT2D eigenvalue weighted by molar-refractivity contribution is 5.92. The number of hydrogen-bond acceptors (Lipinski definition) is 3. The highest BCUT2D eigenvalue weighted by Crippen LogP contribution is 2.28. The molecule has 1 aromatic heterocycles. The fourth-order valence-corrected chi connectivity index (χ4v) is 3.78. The lowest BCUT2D eigenvalue weighted by Crippen LogP contribution is -2.57. The molecule has 1 N–H and O–H groups in total. The van der Waals surface area contributed by atoms with E-state index in [0.717, 1.165) is 17.9 Å². The van der Waals surface area contributed by atoms with Gasteiger partial charge in [-0.1, -0.05) is 23.8 Å². The van der Waals surface area contributed by atoms with Crippen LogP contribution >= 0.6 is 0 Å². The van der Waals surface area contributed by atoms with E-state index in [1.807, 2.05) is 31.2 Å². The molecule has 4 nitrogen and oxygen atoms in total. The first-order chi connectivity index (χ1) is 11.2. The second-order valence-corrected chi connectivity index (χ2v) is 6.75. The summed E-state index contributed by atoms with van der Waals surface area (Å²) in [5.74, 6) is 1.67. The summed E-state index contributed by atoms with van der Waals surface area (Å²) in [6, 6.07) is 12.0. The maximum atomic E-state index is 12.5. The van der Waals surface area contributed by atoms with Gasteiger partial charge in [0.15, 0.2) is 5.76 Å². The predicted octanol–water partition coefficient (Wildman–Crippen LogP) is 3.08. The van der Waals surface area contributed by atoms with Gasteiger partial charge in [-0.3, -0.25) is 4.79 Å². The van der Waals surface area contributed by atoms with Crippen molar-refractivity contribution < 1.29 is 9.21 Å². The Kier molecular flexibility index (Phi) is 3.69. The number of nitrogens with one attached hydrogen (secondary N) is 1. The number of carbonyl (C=O) groups is 1. The molecule has 120 valence electrons. The van der Waals surface area contributed by atoms with E-state index in [9.17, 15) is 4.79 Å². The monoisotopic (exact) mass is 310 g/mol. The van der Waals surface area contributed by atoms with E-state index < -0.39 is 0 Å². The van der Waals surface area contributed by atoms with Crippen LogP contribution in [0, 0.1) is 12.8 Å². The molecule has 4 heterocycles. The van der Waals surface area contributed by atoms with Crippen molar-refractivity contribution in [3.63, 3.8) is 0 Å². The summed E-state index contributed by atoms with van der Waals surface area (Å²) in [7, 11) is 0. The third-order valence-electron chi connectivity index (χ3n) is 5.11. The average Bonchev–Trinajstić information content (AvgIpc) is 3.06. The van der Waals surface area contributed by atoms with Crippen molar-refractivity contribution in [3.05, 3.63) is 47.7 Å². The summed E-state index contributed by atoms with van der Waals surface area (Å²) in [5.41, 5.74) is 2.18. The van der Waals surface area contributed by atoms with Crippen molar-refractivity contribution >= 4 is 5.91 Å². The zero-order valence-electron chi connectivity index (χ0n) is 13.4. The zero-order valence-corrected chi connectivity index (χ0v) is 13.4. The Morgan fingerprint density at radius 3 is 2.74 bits per heavy atom. The molecule has 3 aliphatic heterocycles. The largest absolute Gasteiger partial charge is 0.451 e. The lowest BCUT2D eigenvalue weighted by molar-refractivity contribution is 0.0606. The normalized spacial score (nSPS) is 26.2. The van der Waals surface area contributed by atoms with Gasteiger partial charge in [-0.15, -0.1) is 0 Å². The Morgan fingerprint density at radius 2 is 2.04 bits per heavy atom. The molecule has 3 saturated heterocycles. The molecule has 1 amide bonds. The van der Waals surface area contributed by atoms with E-state index in [1.165, 1.54) is 31.5 Å². The minimum Gasteiger partial charge on any atom is -0.451 e. The Bertz CT molecular complexity index is 714. The summed E-state index contributed by atoms with van der Waals surface area (Å²) in [4.78, 5) is 14.9. The number of aryl methyl sites for hydroxylation is 1. The van der Waals surface area contributed by atoms with Crippen LogP contribution in [0.1, 0.15) is 29.0 Å². The van der Waals surface area contributed by atoms with Gasteiger partial charge >= 0.3 is 0 Å². The molecular formula is C19H22N2O2. The SMILES string of the molecule is Cc1cccc(-c2ccc(C(=O)N[C@H]3CN4CCC3CC4)o2)c1. The first kappa shape index (κ1) is 14.5. The number of amides is 1. The van der Waals surface area contributed by atoms with Gasteiger partial charge in [0.25, 0.3) is 5.91 Å². The standard InChI is InChI=1S/C19H22N2O2/c1-13-3-2-4-15(11-13)17-5-6-18(23-17)19(22)20-16-12-21-9-7-14(16)8-10-21/h2-6,11,14,16H,7-10,12H2,1H3,(H,20,22)/t16-/m0/s1. The highest BCUT2D eigenvalue weighted by Gasteiger charge is 2.35. The molecule has 23 heavy (non-hydrogen) atoms. The molecule has 3 fully saturated rings. The molecule has 1 aromatic carbocycles. The fourth-order valence-electron chi connectivity index (χ4n) is 3.78. The van der Waals surface area contributed by atoms with Crippen molar-refractivity contribution in [2.75, 3.05) is 19.6 Å². The van der Waals surface area contributed by atoms with Crippen LogP contribution in [0.2, 0.25) is 0 Å². The molecule has 0 unspecified atom stereocenters. The number of carbonyl (C=O) groups excluding carboxylic acids is 1. The molecule has 0 spiro atoms. The number of benzene rings is 1. The summed E-state index contributed by atoms with van der Waals surface area (Å²) in [6.45, 7) is 5.37. The zero-order chi connectivity index (χ0) is 15.8. The van der Waals surface area contributed by atoms with Crippen LogP contribution in [-0.4, -0.2) is 36.5 Å². The van der Waals surface area contributed by atoms with E-state index in [-0.39, 0.29) is 11.9 Å². The third kappa shape index (κ3) is 2.91. The van der Waals surface area contributed by atoms with E-state index in [0.29, 0.717) is 11.7 Å². The van der Waals surface area contributed by atoms with Gasteiger partial charge in [0.05, 0.1) is 0 Å². The number of rotatable bonds is 3. The molecule has 1 atom stereocenters.